The summed E-state index contributed by atoms with van der Waals surface area (Å²) in [6.07, 6.45) is 0.903. The van der Waals surface area contributed by atoms with E-state index in [0.717, 1.165) is 12.0 Å². The van der Waals surface area contributed by atoms with Crippen LogP contribution in [-0.2, 0) is 6.42 Å². The van der Waals surface area contributed by atoms with E-state index in [1.54, 1.807) is 6.07 Å². The zero-order chi connectivity index (χ0) is 14.7. The molecule has 2 rings (SSSR count). The number of hydrogen-bond donors (Lipinski definition) is 1. The maximum atomic E-state index is 14.3. The van der Waals surface area contributed by atoms with Gasteiger partial charge in [0.05, 0.1) is 11.1 Å². The summed E-state index contributed by atoms with van der Waals surface area (Å²) in [5, 5.41) is 3.69. The molecule has 2 aromatic rings. The maximum absolute atomic E-state index is 14.3. The molecule has 0 saturated carbocycles. The number of nitrogens with one attached hydrogen (secondary N) is 1. The van der Waals surface area contributed by atoms with Crippen molar-refractivity contribution in [1.82, 2.24) is 5.32 Å². The van der Waals surface area contributed by atoms with Crippen LogP contribution in [0.5, 0.6) is 0 Å². The fourth-order valence-corrected chi connectivity index (χ4v) is 2.86. The van der Waals surface area contributed by atoms with Crippen molar-refractivity contribution in [3.8, 4) is 0 Å². The van der Waals surface area contributed by atoms with Crippen molar-refractivity contribution in [3.05, 3.63) is 68.4 Å². The lowest BCUT2D eigenvalue weighted by Gasteiger charge is -2.21. The lowest BCUT2D eigenvalue weighted by Crippen LogP contribution is -2.20. The molecule has 0 aliphatic heterocycles. The Labute approximate surface area is 132 Å². The first kappa shape index (κ1) is 15.5. The molecule has 1 N–H and O–H groups in total. The highest BCUT2D eigenvalue weighted by molar-refractivity contribution is 9.10. The van der Waals surface area contributed by atoms with Crippen molar-refractivity contribution < 1.29 is 4.39 Å². The molecule has 0 radical (unpaired) electrons. The third-order valence-electron chi connectivity index (χ3n) is 3.39. The number of aryl methyl sites for hydroxylation is 1. The minimum atomic E-state index is -0.272. The lowest BCUT2D eigenvalue weighted by molar-refractivity contribution is 0.574. The van der Waals surface area contributed by atoms with Crippen LogP contribution < -0.4 is 5.32 Å². The van der Waals surface area contributed by atoms with E-state index in [-0.39, 0.29) is 11.9 Å². The molecule has 2 aromatic carbocycles. The van der Waals surface area contributed by atoms with Crippen molar-refractivity contribution >= 4 is 27.5 Å². The van der Waals surface area contributed by atoms with Gasteiger partial charge in [-0.05, 0) is 52.7 Å². The maximum Gasteiger partial charge on any atom is 0.129 e. The summed E-state index contributed by atoms with van der Waals surface area (Å²) in [5.41, 5.74) is 2.83. The Hall–Kier alpha value is -0.900. The fourth-order valence-electron chi connectivity index (χ4n) is 2.38. The first-order valence-electron chi connectivity index (χ1n) is 6.48. The minimum absolute atomic E-state index is 0.211. The molecular weight excluding hydrogens is 341 g/mol. The monoisotopic (exact) mass is 355 g/mol. The van der Waals surface area contributed by atoms with Gasteiger partial charge in [-0.1, -0.05) is 42.8 Å². The van der Waals surface area contributed by atoms with E-state index in [1.807, 2.05) is 25.2 Å². The molecule has 106 valence electrons. The van der Waals surface area contributed by atoms with Crippen molar-refractivity contribution in [2.75, 3.05) is 7.05 Å². The van der Waals surface area contributed by atoms with Crippen molar-refractivity contribution in [3.63, 3.8) is 0 Å². The Bertz CT molecular complexity index is 615. The average Bonchev–Trinajstić information content (AvgIpc) is 2.45. The van der Waals surface area contributed by atoms with Crippen LogP contribution in [0.15, 0.2) is 40.9 Å². The third kappa shape index (κ3) is 3.05. The number of hydrogen-bond acceptors (Lipinski definition) is 1. The lowest BCUT2D eigenvalue weighted by atomic mass is 9.93. The summed E-state index contributed by atoms with van der Waals surface area (Å²) in [7, 11) is 1.83. The van der Waals surface area contributed by atoms with E-state index in [0.29, 0.717) is 15.1 Å². The molecule has 0 saturated heterocycles. The van der Waals surface area contributed by atoms with Crippen LogP contribution in [0, 0.1) is 5.82 Å². The SMILES string of the molecule is CCc1ccccc1C(NC)c1cc(Cl)c(Br)cc1F. The highest BCUT2D eigenvalue weighted by Crippen LogP contribution is 2.32. The minimum Gasteiger partial charge on any atom is -0.309 e. The van der Waals surface area contributed by atoms with E-state index in [2.05, 4.69) is 34.2 Å². The van der Waals surface area contributed by atoms with Gasteiger partial charge in [-0.3, -0.25) is 0 Å². The zero-order valence-electron chi connectivity index (χ0n) is 11.4. The summed E-state index contributed by atoms with van der Waals surface area (Å²) in [6.45, 7) is 2.09. The average molecular weight is 357 g/mol. The molecule has 0 aromatic heterocycles. The topological polar surface area (TPSA) is 12.0 Å². The third-order valence-corrected chi connectivity index (χ3v) is 4.58. The van der Waals surface area contributed by atoms with Crippen LogP contribution in [-0.4, -0.2) is 7.05 Å². The highest BCUT2D eigenvalue weighted by atomic mass is 79.9. The first-order chi connectivity index (χ1) is 9.58. The molecule has 0 amide bonds. The number of benzene rings is 2. The van der Waals surface area contributed by atoms with Gasteiger partial charge < -0.3 is 5.32 Å². The van der Waals surface area contributed by atoms with Crippen LogP contribution in [0.3, 0.4) is 0 Å². The van der Waals surface area contributed by atoms with Gasteiger partial charge in [0.1, 0.15) is 5.82 Å². The van der Waals surface area contributed by atoms with E-state index < -0.39 is 0 Å². The molecule has 1 atom stereocenters. The van der Waals surface area contributed by atoms with Gasteiger partial charge in [-0.15, -0.1) is 0 Å². The summed E-state index contributed by atoms with van der Waals surface area (Å²) in [6, 6.07) is 10.9. The van der Waals surface area contributed by atoms with E-state index in [1.165, 1.54) is 11.6 Å². The van der Waals surface area contributed by atoms with E-state index in [9.17, 15) is 4.39 Å². The summed E-state index contributed by atoms with van der Waals surface area (Å²) in [5.74, 6) is -0.272. The molecule has 4 heteroatoms. The fraction of sp³-hybridized carbons (Fsp3) is 0.250. The second kappa shape index (κ2) is 6.70. The number of halogens is 3. The predicted molar refractivity (Wildman–Crippen MR) is 85.8 cm³/mol. The van der Waals surface area contributed by atoms with E-state index in [4.69, 9.17) is 11.6 Å². The smallest absolute Gasteiger partial charge is 0.129 e. The van der Waals surface area contributed by atoms with Crippen LogP contribution in [0.4, 0.5) is 4.39 Å². The number of rotatable bonds is 4. The van der Waals surface area contributed by atoms with Gasteiger partial charge in [0.15, 0.2) is 0 Å². The summed E-state index contributed by atoms with van der Waals surface area (Å²) in [4.78, 5) is 0. The van der Waals surface area contributed by atoms with Crippen molar-refractivity contribution in [1.29, 1.82) is 0 Å². The van der Waals surface area contributed by atoms with Crippen LogP contribution in [0.1, 0.15) is 29.7 Å². The normalized spacial score (nSPS) is 12.4. The molecular formula is C16H16BrClFN. The van der Waals surface area contributed by atoms with Crippen LogP contribution in [0.25, 0.3) is 0 Å². The molecule has 0 aliphatic rings. The standard InChI is InChI=1S/C16H16BrClFN/c1-3-10-6-4-5-7-11(10)16(20-2)12-8-14(18)13(17)9-15(12)19/h4-9,16,20H,3H2,1-2H3. The Morgan fingerprint density at radius 1 is 1.25 bits per heavy atom. The largest absolute Gasteiger partial charge is 0.309 e. The Morgan fingerprint density at radius 2 is 1.95 bits per heavy atom. The Balaban J connectivity index is 2.55. The van der Waals surface area contributed by atoms with Gasteiger partial charge in [-0.2, -0.15) is 0 Å². The molecule has 1 nitrogen and oxygen atoms in total. The van der Waals surface area contributed by atoms with Gasteiger partial charge in [0.25, 0.3) is 0 Å². The van der Waals surface area contributed by atoms with Crippen molar-refractivity contribution in [2.24, 2.45) is 0 Å². The molecule has 20 heavy (non-hydrogen) atoms. The molecule has 0 aliphatic carbocycles. The van der Waals surface area contributed by atoms with Gasteiger partial charge in [0.2, 0.25) is 0 Å². The molecule has 1 unspecified atom stereocenters. The first-order valence-corrected chi connectivity index (χ1v) is 7.65. The van der Waals surface area contributed by atoms with Crippen molar-refractivity contribution in [2.45, 2.75) is 19.4 Å². The molecule has 0 fully saturated rings. The molecule has 0 heterocycles. The van der Waals surface area contributed by atoms with Gasteiger partial charge in [-0.25, -0.2) is 4.39 Å². The van der Waals surface area contributed by atoms with Crippen LogP contribution in [0.2, 0.25) is 5.02 Å². The Morgan fingerprint density at radius 3 is 2.60 bits per heavy atom. The summed E-state index contributed by atoms with van der Waals surface area (Å²) < 4.78 is 14.8. The molecule has 0 bridgehead atoms. The Kier molecular flexibility index (Phi) is 5.19. The van der Waals surface area contributed by atoms with Gasteiger partial charge in [0, 0.05) is 10.0 Å². The van der Waals surface area contributed by atoms with Gasteiger partial charge >= 0.3 is 0 Å². The second-order valence-corrected chi connectivity index (χ2v) is 5.82. The zero-order valence-corrected chi connectivity index (χ0v) is 13.7. The highest BCUT2D eigenvalue weighted by Gasteiger charge is 2.19. The summed E-state index contributed by atoms with van der Waals surface area (Å²) >= 11 is 9.35. The second-order valence-electron chi connectivity index (χ2n) is 4.56. The van der Waals surface area contributed by atoms with Crippen LogP contribution >= 0.6 is 27.5 Å². The quantitative estimate of drug-likeness (QED) is 0.750. The molecule has 0 spiro atoms. The van der Waals surface area contributed by atoms with E-state index >= 15 is 0 Å². The predicted octanol–water partition coefficient (Wildman–Crippen LogP) is 5.11.